The minimum absolute atomic E-state index is 0.130. The molecule has 1 saturated carbocycles. The highest BCUT2D eigenvalue weighted by molar-refractivity contribution is 5.85. The Kier molecular flexibility index (Phi) is 2.73. The molecule has 0 unspecified atom stereocenters. The van der Waals surface area contributed by atoms with E-state index in [0.717, 1.165) is 32.4 Å². The lowest BCUT2D eigenvalue weighted by Gasteiger charge is -2.51. The summed E-state index contributed by atoms with van der Waals surface area (Å²) in [5.74, 6) is -0.130. The van der Waals surface area contributed by atoms with Gasteiger partial charge in [-0.15, -0.1) is 0 Å². The molecule has 0 aromatic carbocycles. The molecular formula is C11H21N3O. The van der Waals surface area contributed by atoms with Crippen molar-refractivity contribution in [1.82, 2.24) is 10.2 Å². The van der Waals surface area contributed by atoms with Crippen molar-refractivity contribution in [3.05, 3.63) is 0 Å². The van der Waals surface area contributed by atoms with Gasteiger partial charge in [0, 0.05) is 25.2 Å². The number of hydrogen-bond acceptors (Lipinski definition) is 3. The molecule has 0 spiro atoms. The fraction of sp³-hybridized carbons (Fsp3) is 0.909. The largest absolute Gasteiger partial charge is 0.368 e. The van der Waals surface area contributed by atoms with Crippen LogP contribution in [0.3, 0.4) is 0 Å². The van der Waals surface area contributed by atoms with Crippen LogP contribution in [0.15, 0.2) is 0 Å². The minimum atomic E-state index is -0.315. The first-order chi connectivity index (χ1) is 7.04. The number of nitrogens with one attached hydrogen (secondary N) is 1. The van der Waals surface area contributed by atoms with Crippen LogP contribution in [-0.2, 0) is 4.79 Å². The highest BCUT2D eigenvalue weighted by Gasteiger charge is 2.49. The first kappa shape index (κ1) is 10.9. The Morgan fingerprint density at radius 1 is 1.33 bits per heavy atom. The Morgan fingerprint density at radius 3 is 2.20 bits per heavy atom. The Hall–Kier alpha value is -0.610. The summed E-state index contributed by atoms with van der Waals surface area (Å²) in [4.78, 5) is 13.9. The highest BCUT2D eigenvalue weighted by atomic mass is 16.1. The Morgan fingerprint density at radius 2 is 1.87 bits per heavy atom. The highest BCUT2D eigenvalue weighted by Crippen LogP contribution is 2.38. The van der Waals surface area contributed by atoms with Gasteiger partial charge in [-0.25, -0.2) is 0 Å². The van der Waals surface area contributed by atoms with Gasteiger partial charge in [-0.2, -0.15) is 0 Å². The molecule has 86 valence electrons. The van der Waals surface area contributed by atoms with Crippen LogP contribution in [-0.4, -0.2) is 41.5 Å². The van der Waals surface area contributed by atoms with E-state index in [0.29, 0.717) is 12.1 Å². The van der Waals surface area contributed by atoms with Crippen molar-refractivity contribution < 1.29 is 4.79 Å². The van der Waals surface area contributed by atoms with E-state index in [1.54, 1.807) is 0 Å². The molecule has 4 heteroatoms. The third-order valence-electron chi connectivity index (χ3n) is 3.80. The fourth-order valence-corrected chi connectivity index (χ4v) is 2.91. The van der Waals surface area contributed by atoms with Crippen LogP contribution in [0.25, 0.3) is 0 Å². The van der Waals surface area contributed by atoms with Crippen LogP contribution in [0.4, 0.5) is 0 Å². The van der Waals surface area contributed by atoms with Crippen LogP contribution < -0.4 is 11.1 Å². The summed E-state index contributed by atoms with van der Waals surface area (Å²) in [5, 5.41) is 3.47. The van der Waals surface area contributed by atoms with Gasteiger partial charge < -0.3 is 11.1 Å². The number of rotatable bonds is 2. The summed E-state index contributed by atoms with van der Waals surface area (Å²) < 4.78 is 0. The van der Waals surface area contributed by atoms with Crippen LogP contribution in [0, 0.1) is 0 Å². The first-order valence-electron chi connectivity index (χ1n) is 5.85. The van der Waals surface area contributed by atoms with E-state index in [-0.39, 0.29) is 11.4 Å². The predicted octanol–water partition coefficient (Wildman–Crippen LogP) is 0.0766. The van der Waals surface area contributed by atoms with Crippen molar-refractivity contribution in [1.29, 1.82) is 0 Å². The molecular weight excluding hydrogens is 190 g/mol. The van der Waals surface area contributed by atoms with Crippen molar-refractivity contribution in [3.8, 4) is 0 Å². The van der Waals surface area contributed by atoms with Crippen molar-refractivity contribution >= 4 is 5.91 Å². The van der Waals surface area contributed by atoms with Gasteiger partial charge in [0.25, 0.3) is 0 Å². The van der Waals surface area contributed by atoms with Gasteiger partial charge in [-0.1, -0.05) is 0 Å². The molecule has 1 aliphatic carbocycles. The maximum absolute atomic E-state index is 11.6. The maximum Gasteiger partial charge on any atom is 0.237 e. The van der Waals surface area contributed by atoms with Crippen LogP contribution in [0.1, 0.15) is 33.1 Å². The summed E-state index contributed by atoms with van der Waals surface area (Å²) in [6.07, 6.45) is 3.03. The average molecular weight is 211 g/mol. The molecule has 2 aliphatic rings. The molecule has 15 heavy (non-hydrogen) atoms. The molecule has 2 fully saturated rings. The Balaban J connectivity index is 2.11. The van der Waals surface area contributed by atoms with Gasteiger partial charge in [0.1, 0.15) is 5.54 Å². The third kappa shape index (κ3) is 1.76. The second-order valence-electron chi connectivity index (χ2n) is 5.12. The zero-order valence-electron chi connectivity index (χ0n) is 9.62. The quantitative estimate of drug-likeness (QED) is 0.680. The van der Waals surface area contributed by atoms with E-state index in [4.69, 9.17) is 5.73 Å². The number of carbonyl (C=O) groups excluding carboxylic acids is 1. The normalized spacial score (nSPS) is 35.9. The summed E-state index contributed by atoms with van der Waals surface area (Å²) in [6.45, 7) is 6.20. The predicted molar refractivity (Wildman–Crippen MR) is 59.4 cm³/mol. The number of primary amides is 1. The molecule has 0 radical (unpaired) electrons. The average Bonchev–Trinajstić information content (AvgIpc) is 1.97. The molecule has 0 aromatic heterocycles. The molecule has 4 nitrogen and oxygen atoms in total. The number of hydrogen-bond donors (Lipinski definition) is 2. The molecule has 0 aromatic rings. The minimum Gasteiger partial charge on any atom is -0.368 e. The van der Waals surface area contributed by atoms with E-state index in [9.17, 15) is 4.79 Å². The first-order valence-corrected chi connectivity index (χ1v) is 5.85. The summed E-state index contributed by atoms with van der Waals surface area (Å²) in [5.41, 5.74) is 5.24. The standard InChI is InChI=1S/C11H21N3O/c1-8-6-14(7-9(2)13-8)11(10(12)15)4-3-5-11/h8-9,13H,3-7H2,1-2H3,(H2,12,15)/t8-,9+. The SMILES string of the molecule is C[C@@H]1CN(C2(C(N)=O)CCC2)C[C@H](C)N1. The van der Waals surface area contributed by atoms with Gasteiger partial charge in [0.15, 0.2) is 0 Å². The number of nitrogens with zero attached hydrogens (tertiary/aromatic N) is 1. The molecule has 1 heterocycles. The molecule has 1 saturated heterocycles. The van der Waals surface area contributed by atoms with E-state index >= 15 is 0 Å². The molecule has 1 amide bonds. The van der Waals surface area contributed by atoms with Crippen molar-refractivity contribution in [2.24, 2.45) is 5.73 Å². The lowest BCUT2D eigenvalue weighted by molar-refractivity contribution is -0.138. The maximum atomic E-state index is 11.6. The molecule has 3 N–H and O–H groups in total. The summed E-state index contributed by atoms with van der Waals surface area (Å²) in [6, 6.07) is 0.899. The van der Waals surface area contributed by atoms with Crippen LogP contribution in [0.5, 0.6) is 0 Å². The van der Waals surface area contributed by atoms with Gasteiger partial charge in [0.05, 0.1) is 0 Å². The second-order valence-corrected chi connectivity index (χ2v) is 5.12. The lowest BCUT2D eigenvalue weighted by Crippen LogP contribution is -2.68. The number of piperazine rings is 1. The summed E-state index contributed by atoms with van der Waals surface area (Å²) >= 11 is 0. The molecule has 0 bridgehead atoms. The molecule has 1 aliphatic heterocycles. The van der Waals surface area contributed by atoms with Crippen LogP contribution in [0.2, 0.25) is 0 Å². The molecule has 2 atom stereocenters. The number of amides is 1. The van der Waals surface area contributed by atoms with Gasteiger partial charge in [0.2, 0.25) is 5.91 Å². The zero-order chi connectivity index (χ0) is 11.1. The van der Waals surface area contributed by atoms with Crippen molar-refractivity contribution in [2.45, 2.75) is 50.7 Å². The van der Waals surface area contributed by atoms with E-state index in [1.807, 2.05) is 0 Å². The zero-order valence-corrected chi connectivity index (χ0v) is 9.62. The van der Waals surface area contributed by atoms with Crippen molar-refractivity contribution in [2.75, 3.05) is 13.1 Å². The Bertz CT molecular complexity index is 253. The van der Waals surface area contributed by atoms with E-state index in [1.165, 1.54) is 0 Å². The van der Waals surface area contributed by atoms with E-state index < -0.39 is 0 Å². The second kappa shape index (κ2) is 3.76. The monoisotopic (exact) mass is 211 g/mol. The topological polar surface area (TPSA) is 58.4 Å². The van der Waals surface area contributed by atoms with Gasteiger partial charge in [-0.05, 0) is 33.1 Å². The van der Waals surface area contributed by atoms with Crippen LogP contribution >= 0.6 is 0 Å². The van der Waals surface area contributed by atoms with E-state index in [2.05, 4.69) is 24.1 Å². The smallest absolute Gasteiger partial charge is 0.237 e. The molecule has 2 rings (SSSR count). The Labute approximate surface area is 91.2 Å². The van der Waals surface area contributed by atoms with Gasteiger partial charge in [-0.3, -0.25) is 9.69 Å². The van der Waals surface area contributed by atoms with Crippen molar-refractivity contribution in [3.63, 3.8) is 0 Å². The van der Waals surface area contributed by atoms with Gasteiger partial charge >= 0.3 is 0 Å². The lowest BCUT2D eigenvalue weighted by atomic mass is 9.74. The summed E-state index contributed by atoms with van der Waals surface area (Å²) in [7, 11) is 0. The number of carbonyl (C=O) groups is 1. The number of nitrogens with two attached hydrogens (primary N) is 1. The third-order valence-corrected chi connectivity index (χ3v) is 3.80. The fourth-order valence-electron chi connectivity index (χ4n) is 2.91.